The van der Waals surface area contributed by atoms with Gasteiger partial charge in [-0.3, -0.25) is 4.79 Å². The fraction of sp³-hybridized carbons (Fsp3) is 0.321. The van der Waals surface area contributed by atoms with Gasteiger partial charge in [0.05, 0.1) is 22.6 Å². The second-order valence-electron chi connectivity index (χ2n) is 9.71. The molecule has 0 bridgehead atoms. The van der Waals surface area contributed by atoms with Crippen LogP contribution in [0.5, 0.6) is 0 Å². The maximum Gasteiger partial charge on any atom is 0.416 e. The highest BCUT2D eigenvalue weighted by Gasteiger charge is 2.37. The molecule has 1 atom stereocenters. The molecule has 0 aliphatic rings. The largest absolute Gasteiger partial charge is 0.481 e. The molecule has 0 heterocycles. The lowest BCUT2D eigenvalue weighted by atomic mass is 9.88. The fourth-order valence-electron chi connectivity index (χ4n) is 4.15. The number of carboxylic acids is 1. The quantitative estimate of drug-likeness (QED) is 0.263. The number of nitrogens with one attached hydrogen (secondary N) is 1. The van der Waals surface area contributed by atoms with Gasteiger partial charge < -0.3 is 10.4 Å². The van der Waals surface area contributed by atoms with Crippen molar-refractivity contribution >= 4 is 11.7 Å². The SMILES string of the molecule is CC(C)CC(C(=O)O)c1cc(NCc2cc(C(F)(F)F)cc(C(F)(F)F)c2)cc(-c2ccc(C(F)(F)F)cc2)c1. The van der Waals surface area contributed by atoms with Crippen molar-refractivity contribution in [3.63, 3.8) is 0 Å². The minimum absolute atomic E-state index is 0.0101. The predicted octanol–water partition coefficient (Wildman–Crippen LogP) is 9.24. The van der Waals surface area contributed by atoms with Gasteiger partial charge in [0.1, 0.15) is 0 Å². The van der Waals surface area contributed by atoms with Gasteiger partial charge in [0.25, 0.3) is 0 Å². The van der Waals surface area contributed by atoms with Crippen LogP contribution in [-0.4, -0.2) is 11.1 Å². The Kier molecular flexibility index (Phi) is 8.80. The first-order valence-electron chi connectivity index (χ1n) is 11.9. The van der Waals surface area contributed by atoms with Gasteiger partial charge in [0.2, 0.25) is 0 Å². The molecule has 0 aliphatic carbocycles. The molecule has 1 unspecified atom stereocenters. The van der Waals surface area contributed by atoms with Gasteiger partial charge in [-0.25, -0.2) is 0 Å². The predicted molar refractivity (Wildman–Crippen MR) is 130 cm³/mol. The number of benzene rings is 3. The molecular formula is C28H24F9NO2. The molecule has 0 amide bonds. The van der Waals surface area contributed by atoms with Crippen LogP contribution in [0.4, 0.5) is 45.2 Å². The smallest absolute Gasteiger partial charge is 0.416 e. The Morgan fingerprint density at radius 1 is 0.725 bits per heavy atom. The third-order valence-corrected chi connectivity index (χ3v) is 6.05. The normalized spacial score (nSPS) is 13.4. The van der Waals surface area contributed by atoms with Gasteiger partial charge in [-0.2, -0.15) is 39.5 Å². The number of anilines is 1. The fourth-order valence-corrected chi connectivity index (χ4v) is 4.15. The van der Waals surface area contributed by atoms with E-state index in [0.717, 1.165) is 12.1 Å². The van der Waals surface area contributed by atoms with E-state index in [1.165, 1.54) is 30.3 Å². The molecular weight excluding hydrogens is 553 g/mol. The monoisotopic (exact) mass is 577 g/mol. The van der Waals surface area contributed by atoms with Crippen molar-refractivity contribution in [3.05, 3.63) is 88.5 Å². The minimum Gasteiger partial charge on any atom is -0.481 e. The second kappa shape index (κ2) is 11.4. The van der Waals surface area contributed by atoms with Crippen molar-refractivity contribution in [2.45, 2.75) is 51.3 Å². The molecule has 0 aliphatic heterocycles. The van der Waals surface area contributed by atoms with Crippen LogP contribution in [0.2, 0.25) is 0 Å². The van der Waals surface area contributed by atoms with Crippen LogP contribution in [0.15, 0.2) is 60.7 Å². The number of carbonyl (C=O) groups is 1. The van der Waals surface area contributed by atoms with Crippen LogP contribution in [0.3, 0.4) is 0 Å². The molecule has 0 radical (unpaired) electrons. The lowest BCUT2D eigenvalue weighted by Gasteiger charge is -2.19. The first kappa shape index (κ1) is 30.8. The van der Waals surface area contributed by atoms with Crippen molar-refractivity contribution in [1.82, 2.24) is 0 Å². The van der Waals surface area contributed by atoms with Crippen LogP contribution in [0.25, 0.3) is 11.1 Å². The summed E-state index contributed by atoms with van der Waals surface area (Å²) in [6, 6.07) is 9.54. The van der Waals surface area contributed by atoms with Crippen molar-refractivity contribution in [2.24, 2.45) is 5.92 Å². The summed E-state index contributed by atoms with van der Waals surface area (Å²) in [7, 11) is 0. The third kappa shape index (κ3) is 7.92. The Morgan fingerprint density at radius 3 is 1.70 bits per heavy atom. The average molecular weight is 577 g/mol. The Labute approximate surface area is 223 Å². The van der Waals surface area contributed by atoms with Crippen LogP contribution in [-0.2, 0) is 29.9 Å². The topological polar surface area (TPSA) is 49.3 Å². The van der Waals surface area contributed by atoms with E-state index in [1.54, 1.807) is 13.8 Å². The zero-order chi connectivity index (χ0) is 30.0. The molecule has 3 rings (SSSR count). The summed E-state index contributed by atoms with van der Waals surface area (Å²) in [6.45, 7) is 3.10. The number of alkyl halides is 9. The van der Waals surface area contributed by atoms with E-state index in [9.17, 15) is 49.4 Å². The highest BCUT2D eigenvalue weighted by Crippen LogP contribution is 2.37. The van der Waals surface area contributed by atoms with E-state index in [-0.39, 0.29) is 35.2 Å². The molecule has 12 heteroatoms. The lowest BCUT2D eigenvalue weighted by Crippen LogP contribution is -2.15. The van der Waals surface area contributed by atoms with Gasteiger partial charge >= 0.3 is 24.5 Å². The van der Waals surface area contributed by atoms with Crippen molar-refractivity contribution in [3.8, 4) is 11.1 Å². The molecule has 40 heavy (non-hydrogen) atoms. The summed E-state index contributed by atoms with van der Waals surface area (Å²) in [5.74, 6) is -2.25. The molecule has 2 N–H and O–H groups in total. The summed E-state index contributed by atoms with van der Waals surface area (Å²) >= 11 is 0. The number of aliphatic carboxylic acids is 1. The molecule has 0 fully saturated rings. The van der Waals surface area contributed by atoms with E-state index in [0.29, 0.717) is 23.3 Å². The van der Waals surface area contributed by atoms with E-state index in [1.807, 2.05) is 0 Å². The van der Waals surface area contributed by atoms with Gasteiger partial charge in [-0.1, -0.05) is 32.0 Å². The highest BCUT2D eigenvalue weighted by atomic mass is 19.4. The number of halogens is 9. The maximum atomic E-state index is 13.2. The molecule has 0 aromatic heterocycles. The molecule has 3 aromatic rings. The van der Waals surface area contributed by atoms with Crippen molar-refractivity contribution < 1.29 is 49.4 Å². The Bertz CT molecular complexity index is 1310. The zero-order valence-corrected chi connectivity index (χ0v) is 21.1. The van der Waals surface area contributed by atoms with E-state index < -0.39 is 53.7 Å². The van der Waals surface area contributed by atoms with Gasteiger partial charge in [0, 0.05) is 12.2 Å². The average Bonchev–Trinajstić information content (AvgIpc) is 2.84. The van der Waals surface area contributed by atoms with Gasteiger partial charge in [-0.05, 0) is 77.1 Å². The van der Waals surface area contributed by atoms with Crippen LogP contribution >= 0.6 is 0 Å². The second-order valence-corrected chi connectivity index (χ2v) is 9.71. The molecule has 0 saturated heterocycles. The summed E-state index contributed by atoms with van der Waals surface area (Å²) in [4.78, 5) is 12.0. The molecule has 3 nitrogen and oxygen atoms in total. The van der Waals surface area contributed by atoms with E-state index in [4.69, 9.17) is 0 Å². The lowest BCUT2D eigenvalue weighted by molar-refractivity contribution is -0.143. The van der Waals surface area contributed by atoms with Gasteiger partial charge in [0.15, 0.2) is 0 Å². The number of hydrogen-bond donors (Lipinski definition) is 2. The molecule has 3 aromatic carbocycles. The van der Waals surface area contributed by atoms with Gasteiger partial charge in [-0.15, -0.1) is 0 Å². The van der Waals surface area contributed by atoms with Crippen LogP contribution in [0.1, 0.15) is 54.0 Å². The molecule has 0 spiro atoms. The Balaban J connectivity index is 2.06. The van der Waals surface area contributed by atoms with Crippen molar-refractivity contribution in [1.29, 1.82) is 0 Å². The van der Waals surface area contributed by atoms with Crippen LogP contribution < -0.4 is 5.32 Å². The summed E-state index contributed by atoms with van der Waals surface area (Å²) in [6.07, 6.45) is -14.4. The van der Waals surface area contributed by atoms with Crippen molar-refractivity contribution in [2.75, 3.05) is 5.32 Å². The Morgan fingerprint density at radius 2 is 1.25 bits per heavy atom. The first-order chi connectivity index (χ1) is 18.3. The third-order valence-electron chi connectivity index (χ3n) is 6.05. The van der Waals surface area contributed by atoms with E-state index >= 15 is 0 Å². The molecule has 216 valence electrons. The summed E-state index contributed by atoms with van der Waals surface area (Å²) in [5, 5.41) is 12.6. The first-order valence-corrected chi connectivity index (χ1v) is 11.9. The maximum absolute atomic E-state index is 13.2. The standard InChI is InChI=1S/C28H24F9NO2/c1-15(2)7-24(25(39)40)19-10-18(17-3-5-20(6-4-17)26(29,30)31)11-23(12-19)38-14-16-8-21(27(32,33)34)13-22(9-16)28(35,36)37/h3-6,8-13,15,24,38H,7,14H2,1-2H3,(H,39,40). The minimum atomic E-state index is -5.03. The summed E-state index contributed by atoms with van der Waals surface area (Å²) < 4.78 is 119. The molecule has 0 saturated carbocycles. The zero-order valence-electron chi connectivity index (χ0n) is 21.1. The number of rotatable bonds is 8. The summed E-state index contributed by atoms with van der Waals surface area (Å²) in [5.41, 5.74) is -3.18. The van der Waals surface area contributed by atoms with Crippen LogP contribution in [0, 0.1) is 5.92 Å². The van der Waals surface area contributed by atoms with E-state index in [2.05, 4.69) is 5.32 Å². The Hall–Kier alpha value is -3.70. The number of carboxylic acid groups (broad SMARTS) is 1. The highest BCUT2D eigenvalue weighted by molar-refractivity contribution is 5.79. The number of hydrogen-bond acceptors (Lipinski definition) is 2.